The number of amides is 1. The summed E-state index contributed by atoms with van der Waals surface area (Å²) in [6.45, 7) is 12.6. The van der Waals surface area contributed by atoms with Crippen molar-refractivity contribution in [3.63, 3.8) is 0 Å². The minimum atomic E-state index is -0.457. The van der Waals surface area contributed by atoms with Crippen LogP contribution >= 0.6 is 0 Å². The van der Waals surface area contributed by atoms with Gasteiger partial charge in [-0.15, -0.1) is 0 Å². The Morgan fingerprint density at radius 3 is 1.02 bits per heavy atom. The van der Waals surface area contributed by atoms with Crippen molar-refractivity contribution in [3.05, 3.63) is 59.7 Å². The maximum absolute atomic E-state index is 12.3. The predicted octanol–water partition coefficient (Wildman–Crippen LogP) is 3.30. The summed E-state index contributed by atoms with van der Waals surface area (Å²) in [5.41, 5.74) is 4.76. The molecule has 2 aromatic rings. The van der Waals surface area contributed by atoms with Gasteiger partial charge in [-0.25, -0.2) is 4.79 Å². The van der Waals surface area contributed by atoms with E-state index in [9.17, 15) is 9.59 Å². The molecule has 0 saturated carbocycles. The van der Waals surface area contributed by atoms with Crippen molar-refractivity contribution >= 4 is 12.1 Å². The quantitative estimate of drug-likeness (QED) is 0.0754. The van der Waals surface area contributed by atoms with E-state index in [-0.39, 0.29) is 24.9 Å². The van der Waals surface area contributed by atoms with Gasteiger partial charge in [-0.05, 0) is 22.3 Å². The van der Waals surface area contributed by atoms with E-state index in [4.69, 9.17) is 66.3 Å². The monoisotopic (exact) mass is 897 g/mol. The van der Waals surface area contributed by atoms with Gasteiger partial charge >= 0.3 is 12.1 Å². The van der Waals surface area contributed by atoms with Gasteiger partial charge in [0.25, 0.3) is 0 Å². The molecule has 0 unspecified atom stereocenters. The molecule has 1 amide bonds. The highest BCUT2D eigenvalue weighted by Gasteiger charge is 2.29. The topological polar surface area (TPSA) is 185 Å². The van der Waals surface area contributed by atoms with E-state index in [0.717, 1.165) is 0 Å². The molecule has 1 N–H and O–H groups in total. The Labute approximate surface area is 372 Å². The van der Waals surface area contributed by atoms with E-state index < -0.39 is 6.09 Å². The molecule has 1 aliphatic rings. The number of ether oxygens (including phenoxy) is 15. The number of alkyl carbamates (subject to hydrolysis) is 1. The van der Waals surface area contributed by atoms with E-state index in [0.29, 0.717) is 178 Å². The fourth-order valence-electron chi connectivity index (χ4n) is 5.87. The number of rotatable bonds is 44. The van der Waals surface area contributed by atoms with Gasteiger partial charge in [0.15, 0.2) is 0 Å². The summed E-state index contributed by atoms with van der Waals surface area (Å²) < 4.78 is 81.2. The molecule has 18 heteroatoms. The maximum Gasteiger partial charge on any atom is 0.407 e. The van der Waals surface area contributed by atoms with Gasteiger partial charge in [0.2, 0.25) is 0 Å². The van der Waals surface area contributed by atoms with E-state index in [1.165, 1.54) is 29.4 Å². The average molecular weight is 898 g/mol. The first-order chi connectivity index (χ1) is 31.2. The van der Waals surface area contributed by atoms with Crippen LogP contribution in [0.2, 0.25) is 0 Å². The normalized spacial score (nSPS) is 12.1. The number of nitrogens with one attached hydrogen (secondary N) is 1. The van der Waals surface area contributed by atoms with Gasteiger partial charge in [-0.1, -0.05) is 48.5 Å². The van der Waals surface area contributed by atoms with Gasteiger partial charge in [-0.2, -0.15) is 0 Å². The van der Waals surface area contributed by atoms with Crippen LogP contribution in [0.5, 0.6) is 0 Å². The second-order valence-electron chi connectivity index (χ2n) is 13.5. The lowest BCUT2D eigenvalue weighted by Crippen LogP contribution is -2.29. The number of benzene rings is 2. The van der Waals surface area contributed by atoms with Crippen LogP contribution in [0.1, 0.15) is 23.5 Å². The molecular formula is C45H71NO17. The predicted molar refractivity (Wildman–Crippen MR) is 230 cm³/mol. The zero-order chi connectivity index (χ0) is 44.5. The number of methoxy groups -OCH3 is 1. The first kappa shape index (κ1) is 54.0. The molecule has 2 aromatic carbocycles. The van der Waals surface area contributed by atoms with Gasteiger partial charge < -0.3 is 76.4 Å². The molecule has 0 fully saturated rings. The SMILES string of the molecule is COC(=O)CCOCCOCCOCCOCCOCCOCCOCCOCCOCCOCCOCCOCCOCCNC(=O)OCC1c2ccccc2-c2ccccc21. The summed E-state index contributed by atoms with van der Waals surface area (Å²) in [6, 6.07) is 16.5. The Hall–Kier alpha value is -3.34. The smallest absolute Gasteiger partial charge is 0.407 e. The number of carbonyl (C=O) groups is 2. The molecule has 0 radical (unpaired) electrons. The highest BCUT2D eigenvalue weighted by molar-refractivity contribution is 5.79. The Morgan fingerprint density at radius 1 is 0.413 bits per heavy atom. The molecule has 3 rings (SSSR count). The lowest BCUT2D eigenvalue weighted by atomic mass is 9.98. The first-order valence-corrected chi connectivity index (χ1v) is 21.9. The van der Waals surface area contributed by atoms with Crippen LogP contribution in [-0.2, 0) is 75.8 Å². The lowest BCUT2D eigenvalue weighted by molar-refractivity contribution is -0.141. The average Bonchev–Trinajstić information content (AvgIpc) is 3.63. The summed E-state index contributed by atoms with van der Waals surface area (Å²) in [5, 5.41) is 2.74. The fourth-order valence-corrected chi connectivity index (χ4v) is 5.87. The number of hydrogen-bond donors (Lipinski definition) is 1. The second kappa shape index (κ2) is 39.1. The van der Waals surface area contributed by atoms with E-state index in [2.05, 4.69) is 34.3 Å². The molecule has 0 aromatic heterocycles. The van der Waals surface area contributed by atoms with Crippen LogP contribution in [0.3, 0.4) is 0 Å². The number of carbonyl (C=O) groups excluding carboxylic acids is 2. The molecule has 0 aliphatic heterocycles. The third-order valence-electron chi connectivity index (χ3n) is 9.00. The zero-order valence-electron chi connectivity index (χ0n) is 37.1. The third kappa shape index (κ3) is 27.6. The summed E-state index contributed by atoms with van der Waals surface area (Å²) >= 11 is 0. The van der Waals surface area contributed by atoms with Gasteiger partial charge in [0.05, 0.1) is 185 Å². The van der Waals surface area contributed by atoms with E-state index in [1.54, 1.807) is 0 Å². The van der Waals surface area contributed by atoms with Crippen LogP contribution in [0.25, 0.3) is 11.1 Å². The minimum Gasteiger partial charge on any atom is -0.469 e. The summed E-state index contributed by atoms with van der Waals surface area (Å²) in [7, 11) is 1.35. The molecule has 0 atom stereocenters. The maximum atomic E-state index is 12.3. The lowest BCUT2D eigenvalue weighted by Gasteiger charge is -2.14. The summed E-state index contributed by atoms with van der Waals surface area (Å²) in [6.07, 6.45) is -0.219. The molecule has 0 heterocycles. The van der Waals surface area contributed by atoms with Crippen molar-refractivity contribution in [1.29, 1.82) is 0 Å². The molecule has 1 aliphatic carbocycles. The van der Waals surface area contributed by atoms with Crippen LogP contribution < -0.4 is 5.32 Å². The Kier molecular flexibility index (Phi) is 33.5. The highest BCUT2D eigenvalue weighted by atomic mass is 16.6. The van der Waals surface area contributed by atoms with Crippen LogP contribution in [0, 0.1) is 0 Å². The van der Waals surface area contributed by atoms with Gasteiger partial charge in [0, 0.05) is 12.5 Å². The minimum absolute atomic E-state index is 0.0312. The first-order valence-electron chi connectivity index (χ1n) is 21.9. The fraction of sp³-hybridized carbons (Fsp3) is 0.689. The third-order valence-corrected chi connectivity index (χ3v) is 9.00. The zero-order valence-corrected chi connectivity index (χ0v) is 37.1. The molecule has 0 bridgehead atoms. The van der Waals surface area contributed by atoms with E-state index >= 15 is 0 Å². The van der Waals surface area contributed by atoms with Crippen molar-refractivity contribution in [2.45, 2.75) is 12.3 Å². The number of esters is 1. The second-order valence-corrected chi connectivity index (χ2v) is 13.5. The molecular weight excluding hydrogens is 826 g/mol. The molecule has 63 heavy (non-hydrogen) atoms. The summed E-state index contributed by atoms with van der Waals surface area (Å²) in [5.74, 6) is -0.260. The van der Waals surface area contributed by atoms with Crippen LogP contribution in [0.4, 0.5) is 4.79 Å². The number of hydrogen-bond acceptors (Lipinski definition) is 17. The summed E-state index contributed by atoms with van der Waals surface area (Å²) in [4.78, 5) is 23.2. The van der Waals surface area contributed by atoms with Crippen molar-refractivity contribution < 1.29 is 80.6 Å². The van der Waals surface area contributed by atoms with Crippen molar-refractivity contribution in [1.82, 2.24) is 5.32 Å². The van der Waals surface area contributed by atoms with Crippen LogP contribution in [0.15, 0.2) is 48.5 Å². The number of fused-ring (bicyclic) bond motifs is 3. The molecule has 0 spiro atoms. The van der Waals surface area contributed by atoms with E-state index in [1.807, 2.05) is 24.3 Å². The molecule has 358 valence electrons. The van der Waals surface area contributed by atoms with Crippen molar-refractivity contribution in [3.8, 4) is 11.1 Å². The van der Waals surface area contributed by atoms with Gasteiger partial charge in [-0.3, -0.25) is 4.79 Å². The Morgan fingerprint density at radius 2 is 0.698 bits per heavy atom. The Balaban J connectivity index is 0.910. The standard InChI is InChI=1S/C45H71NO17/c1-49-44(47)10-12-50-14-16-52-18-20-54-22-24-56-26-28-58-30-32-60-34-36-62-37-35-61-33-31-59-29-27-57-25-23-55-21-19-53-17-15-51-13-11-46-45(48)63-38-43-41-8-4-2-6-39(41)40-7-3-5-9-42(40)43/h2-9,43H,10-38H2,1H3,(H,46,48). The van der Waals surface area contributed by atoms with Crippen LogP contribution in [-0.4, -0.2) is 204 Å². The largest absolute Gasteiger partial charge is 0.469 e. The highest BCUT2D eigenvalue weighted by Crippen LogP contribution is 2.44. The molecule has 0 saturated heterocycles. The Bertz CT molecular complexity index is 1360. The molecule has 18 nitrogen and oxygen atoms in total. The van der Waals surface area contributed by atoms with Crippen molar-refractivity contribution in [2.24, 2.45) is 0 Å². The van der Waals surface area contributed by atoms with Crippen molar-refractivity contribution in [2.75, 3.05) is 192 Å². The van der Waals surface area contributed by atoms with Gasteiger partial charge in [0.1, 0.15) is 6.61 Å².